The fourth-order valence-electron chi connectivity index (χ4n) is 4.46. The fraction of sp³-hybridized carbons (Fsp3) is 0.594. The number of carbonyl (C=O) groups is 1. The zero-order chi connectivity index (χ0) is 26.1. The summed E-state index contributed by atoms with van der Waals surface area (Å²) in [7, 11) is 4.43. The number of aryl methyl sites for hydroxylation is 1. The van der Waals surface area contributed by atoms with Gasteiger partial charge in [0.2, 0.25) is 0 Å². The highest BCUT2D eigenvalue weighted by atomic mass is 16.5. The van der Waals surface area contributed by atoms with Crippen LogP contribution in [0.25, 0.3) is 0 Å². The molecule has 2 aromatic rings. The highest BCUT2D eigenvalue weighted by Crippen LogP contribution is 2.17. The van der Waals surface area contributed by atoms with E-state index in [4.69, 9.17) is 9.47 Å². The second-order valence-electron chi connectivity index (χ2n) is 10.9. The van der Waals surface area contributed by atoms with E-state index in [1.165, 1.54) is 56.1 Å². The monoisotopic (exact) mass is 496 g/mol. The number of unbranched alkanes of at least 4 members (excludes halogenated alkanes) is 6. The van der Waals surface area contributed by atoms with Gasteiger partial charge in [0.25, 0.3) is 0 Å². The van der Waals surface area contributed by atoms with Crippen molar-refractivity contribution in [2.45, 2.75) is 84.6 Å². The van der Waals surface area contributed by atoms with Crippen molar-refractivity contribution in [3.05, 3.63) is 65.7 Å². The third kappa shape index (κ3) is 13.1. The molecule has 0 radical (unpaired) electrons. The predicted octanol–water partition coefficient (Wildman–Crippen LogP) is 7.59. The van der Waals surface area contributed by atoms with E-state index in [2.05, 4.69) is 63.5 Å². The number of hydrogen-bond donors (Lipinski definition) is 0. The number of ether oxygens (including phenoxy) is 2. The molecule has 2 rings (SSSR count). The van der Waals surface area contributed by atoms with Crippen molar-refractivity contribution in [2.75, 3.05) is 33.9 Å². The van der Waals surface area contributed by atoms with Crippen LogP contribution in [-0.4, -0.2) is 44.3 Å². The molecule has 1 unspecified atom stereocenters. The lowest BCUT2D eigenvalue weighted by Crippen LogP contribution is -2.40. The van der Waals surface area contributed by atoms with E-state index in [9.17, 15) is 4.79 Å². The van der Waals surface area contributed by atoms with E-state index in [-0.39, 0.29) is 11.9 Å². The minimum absolute atomic E-state index is 0.0950. The Labute approximate surface area is 220 Å². The summed E-state index contributed by atoms with van der Waals surface area (Å²) < 4.78 is 12.3. The Morgan fingerprint density at radius 1 is 0.833 bits per heavy atom. The molecule has 0 heterocycles. The Morgan fingerprint density at radius 2 is 1.53 bits per heavy atom. The molecule has 1 atom stereocenters. The summed E-state index contributed by atoms with van der Waals surface area (Å²) in [6.45, 7) is 7.09. The topological polar surface area (TPSA) is 35.5 Å². The highest BCUT2D eigenvalue weighted by Gasteiger charge is 2.21. The smallest absolute Gasteiger partial charge is 0.308 e. The number of rotatable bonds is 19. The molecule has 36 heavy (non-hydrogen) atoms. The summed E-state index contributed by atoms with van der Waals surface area (Å²) in [6.07, 6.45) is 11.9. The third-order valence-corrected chi connectivity index (χ3v) is 6.79. The third-order valence-electron chi connectivity index (χ3n) is 6.79. The zero-order valence-corrected chi connectivity index (χ0v) is 23.3. The molecule has 4 nitrogen and oxygen atoms in total. The molecule has 0 fully saturated rings. The summed E-state index contributed by atoms with van der Waals surface area (Å²) in [5, 5.41) is 0. The van der Waals surface area contributed by atoms with Crippen LogP contribution < -0.4 is 4.74 Å². The van der Waals surface area contributed by atoms with Crippen LogP contribution in [0.1, 0.15) is 82.8 Å². The SMILES string of the molecule is CCCCCCCCCc1cccc(OCCCOC(=O)C(C)CC[N+](C)(C)Cc2ccccc2)c1. The van der Waals surface area contributed by atoms with Gasteiger partial charge in [0.15, 0.2) is 0 Å². The lowest BCUT2D eigenvalue weighted by Gasteiger charge is -2.30. The molecular formula is C32H50NO3+. The number of esters is 1. The van der Waals surface area contributed by atoms with Gasteiger partial charge in [0.1, 0.15) is 12.3 Å². The maximum Gasteiger partial charge on any atom is 0.308 e. The Balaban J connectivity index is 1.57. The van der Waals surface area contributed by atoms with Gasteiger partial charge in [0.05, 0.1) is 39.8 Å². The van der Waals surface area contributed by atoms with Crippen LogP contribution >= 0.6 is 0 Å². The van der Waals surface area contributed by atoms with Gasteiger partial charge in [-0.25, -0.2) is 0 Å². The lowest BCUT2D eigenvalue weighted by molar-refractivity contribution is -0.904. The van der Waals surface area contributed by atoms with Crippen LogP contribution in [-0.2, 0) is 22.5 Å². The van der Waals surface area contributed by atoms with Crippen molar-refractivity contribution in [3.8, 4) is 5.75 Å². The number of hydrogen-bond acceptors (Lipinski definition) is 3. The molecule has 0 bridgehead atoms. The van der Waals surface area contributed by atoms with Gasteiger partial charge in [-0.05, 0) is 30.5 Å². The Bertz CT molecular complexity index is 849. The molecule has 0 spiro atoms. The van der Waals surface area contributed by atoms with Gasteiger partial charge < -0.3 is 14.0 Å². The lowest BCUT2D eigenvalue weighted by atomic mass is 10.0. The molecule has 0 aliphatic carbocycles. The number of nitrogens with zero attached hydrogens (tertiary/aromatic N) is 1. The van der Waals surface area contributed by atoms with E-state index >= 15 is 0 Å². The van der Waals surface area contributed by atoms with Crippen molar-refractivity contribution in [2.24, 2.45) is 5.92 Å². The first kappa shape index (κ1) is 29.9. The Hall–Kier alpha value is -2.33. The molecule has 200 valence electrons. The molecule has 0 N–H and O–H groups in total. The average Bonchev–Trinajstić information content (AvgIpc) is 2.87. The number of benzene rings is 2. The number of carbonyl (C=O) groups excluding carboxylic acids is 1. The van der Waals surface area contributed by atoms with Crippen LogP contribution in [0.5, 0.6) is 5.75 Å². The quantitative estimate of drug-likeness (QED) is 0.114. The predicted molar refractivity (Wildman–Crippen MR) is 150 cm³/mol. The van der Waals surface area contributed by atoms with Gasteiger partial charge in [-0.1, -0.05) is 94.8 Å². The minimum Gasteiger partial charge on any atom is -0.493 e. The van der Waals surface area contributed by atoms with Gasteiger partial charge >= 0.3 is 5.97 Å². The van der Waals surface area contributed by atoms with Gasteiger partial charge in [0, 0.05) is 18.4 Å². The maximum atomic E-state index is 12.4. The summed E-state index contributed by atoms with van der Waals surface area (Å²) >= 11 is 0. The molecule has 0 saturated heterocycles. The number of quaternary nitrogens is 1. The van der Waals surface area contributed by atoms with E-state index in [0.717, 1.165) is 36.2 Å². The molecule has 0 aromatic heterocycles. The first-order valence-electron chi connectivity index (χ1n) is 14.1. The summed E-state index contributed by atoms with van der Waals surface area (Å²) in [4.78, 5) is 12.4. The van der Waals surface area contributed by atoms with Gasteiger partial charge in [-0.2, -0.15) is 0 Å². The van der Waals surface area contributed by atoms with Crippen molar-refractivity contribution in [3.63, 3.8) is 0 Å². The van der Waals surface area contributed by atoms with Crippen LogP contribution in [0, 0.1) is 5.92 Å². The van der Waals surface area contributed by atoms with Gasteiger partial charge in [-0.3, -0.25) is 4.79 Å². The average molecular weight is 497 g/mol. The van der Waals surface area contributed by atoms with Gasteiger partial charge in [-0.15, -0.1) is 0 Å². The molecule has 0 saturated carbocycles. The van der Waals surface area contributed by atoms with E-state index in [1.54, 1.807) is 0 Å². The Kier molecular flexibility index (Phi) is 14.3. The summed E-state index contributed by atoms with van der Waals surface area (Å²) in [6, 6.07) is 18.9. The molecule has 4 heteroatoms. The Morgan fingerprint density at radius 3 is 2.28 bits per heavy atom. The fourth-order valence-corrected chi connectivity index (χ4v) is 4.46. The molecule has 2 aromatic carbocycles. The highest BCUT2D eigenvalue weighted by molar-refractivity contribution is 5.71. The molecule has 0 amide bonds. The van der Waals surface area contributed by atoms with Crippen molar-refractivity contribution >= 4 is 5.97 Å². The standard InChI is InChI=1S/C32H50NO3/c1-5-6-7-8-9-10-12-17-29-20-15-21-31(26-29)35-24-16-25-36-32(34)28(2)22-23-33(3,4)27-30-18-13-11-14-19-30/h11,13-15,18-21,26,28H,5-10,12,16-17,22-25,27H2,1-4H3/q+1. The largest absolute Gasteiger partial charge is 0.493 e. The molecular weight excluding hydrogens is 446 g/mol. The van der Waals surface area contributed by atoms with Crippen molar-refractivity contribution < 1.29 is 18.8 Å². The van der Waals surface area contributed by atoms with Crippen molar-refractivity contribution in [1.82, 2.24) is 0 Å². The van der Waals surface area contributed by atoms with E-state index in [0.29, 0.717) is 19.6 Å². The minimum atomic E-state index is -0.105. The molecule has 0 aliphatic heterocycles. The first-order chi connectivity index (χ1) is 17.4. The summed E-state index contributed by atoms with van der Waals surface area (Å²) in [5.74, 6) is 0.711. The van der Waals surface area contributed by atoms with Crippen LogP contribution in [0.3, 0.4) is 0 Å². The van der Waals surface area contributed by atoms with Crippen LogP contribution in [0.2, 0.25) is 0 Å². The summed E-state index contributed by atoms with van der Waals surface area (Å²) in [5.41, 5.74) is 2.66. The maximum absolute atomic E-state index is 12.4. The van der Waals surface area contributed by atoms with Crippen LogP contribution in [0.4, 0.5) is 0 Å². The first-order valence-corrected chi connectivity index (χ1v) is 14.1. The second kappa shape index (κ2) is 17.2. The van der Waals surface area contributed by atoms with E-state index < -0.39 is 0 Å². The normalized spacial score (nSPS) is 12.3. The van der Waals surface area contributed by atoms with Crippen LogP contribution in [0.15, 0.2) is 54.6 Å². The van der Waals surface area contributed by atoms with Crippen molar-refractivity contribution in [1.29, 1.82) is 0 Å². The zero-order valence-electron chi connectivity index (χ0n) is 23.3. The molecule has 0 aliphatic rings. The second-order valence-corrected chi connectivity index (χ2v) is 10.9. The van der Waals surface area contributed by atoms with E-state index in [1.807, 2.05) is 19.1 Å².